The van der Waals surface area contributed by atoms with Crippen LogP contribution in [-0.2, 0) is 4.74 Å². The summed E-state index contributed by atoms with van der Waals surface area (Å²) in [5.74, 6) is 0. The fourth-order valence-electron chi connectivity index (χ4n) is 0.359. The molecule has 1 rings (SSSR count). The summed E-state index contributed by atoms with van der Waals surface area (Å²) in [4.78, 5) is 0. The number of ether oxygens (including phenoxy) is 1. The Morgan fingerprint density at radius 2 is 2.67 bits per heavy atom. The van der Waals surface area contributed by atoms with Gasteiger partial charge in [-0.15, -0.1) is 0 Å². The summed E-state index contributed by atoms with van der Waals surface area (Å²) in [5.41, 5.74) is 0. The highest BCUT2D eigenvalue weighted by molar-refractivity contribution is 14.1. The van der Waals surface area contributed by atoms with Crippen molar-refractivity contribution in [3.63, 3.8) is 0 Å². The molecule has 0 aliphatic carbocycles. The number of hydrogen-bond acceptors (Lipinski definition) is 1. The Morgan fingerprint density at radius 1 is 1.83 bits per heavy atom. The van der Waals surface area contributed by atoms with Gasteiger partial charge in [-0.2, -0.15) is 0 Å². The number of rotatable bonds is 0. The first-order valence-electron chi connectivity index (χ1n) is 1.84. The van der Waals surface area contributed by atoms with Gasteiger partial charge >= 0.3 is 0 Å². The molecule has 0 N–H and O–H groups in total. The van der Waals surface area contributed by atoms with Crippen LogP contribution in [0, 0.1) is 0 Å². The zero-order chi connectivity index (χ0) is 4.41. The monoisotopic (exact) mass is 196 g/mol. The van der Waals surface area contributed by atoms with Crippen LogP contribution in [0.15, 0.2) is 12.3 Å². The van der Waals surface area contributed by atoms with Crippen molar-refractivity contribution in [2.45, 2.75) is 10.5 Å². The van der Waals surface area contributed by atoms with Crippen molar-refractivity contribution in [2.24, 2.45) is 0 Å². The van der Waals surface area contributed by atoms with Crippen LogP contribution in [0.3, 0.4) is 0 Å². The van der Waals surface area contributed by atoms with Gasteiger partial charge in [0.1, 0.15) is 0 Å². The maximum absolute atomic E-state index is 4.96. The predicted octanol–water partition coefficient (Wildman–Crippen LogP) is 1.68. The average Bonchev–Trinajstić information content (AvgIpc) is 1.86. The third-order valence-electron chi connectivity index (χ3n) is 0.644. The first-order valence-corrected chi connectivity index (χ1v) is 3.09. The van der Waals surface area contributed by atoms with Crippen molar-refractivity contribution in [2.75, 3.05) is 0 Å². The van der Waals surface area contributed by atoms with Crippen molar-refractivity contribution in [1.29, 1.82) is 0 Å². The minimum atomic E-state index is 0.405. The molecule has 0 saturated carbocycles. The Labute approximate surface area is 50.5 Å². The predicted molar refractivity (Wildman–Crippen MR) is 32.6 cm³/mol. The van der Waals surface area contributed by atoms with E-state index in [1.165, 1.54) is 0 Å². The summed E-state index contributed by atoms with van der Waals surface area (Å²) in [5, 5.41) is 0. The van der Waals surface area contributed by atoms with E-state index in [2.05, 4.69) is 22.6 Å². The lowest BCUT2D eigenvalue weighted by Gasteiger charge is -1.94. The molecule has 1 nitrogen and oxygen atoms in total. The van der Waals surface area contributed by atoms with E-state index in [0.717, 1.165) is 6.42 Å². The molecule has 0 bridgehead atoms. The molecule has 1 atom stereocenters. The Hall–Kier alpha value is 0.270. The van der Waals surface area contributed by atoms with Gasteiger partial charge < -0.3 is 4.74 Å². The van der Waals surface area contributed by atoms with Crippen molar-refractivity contribution in [3.8, 4) is 0 Å². The molecule has 0 amide bonds. The third kappa shape index (κ3) is 0.864. The van der Waals surface area contributed by atoms with Gasteiger partial charge in [0.15, 0.2) is 4.11 Å². The molecule has 1 aliphatic rings. The van der Waals surface area contributed by atoms with Crippen LogP contribution in [-0.4, -0.2) is 4.11 Å². The smallest absolute Gasteiger partial charge is 0.151 e. The van der Waals surface area contributed by atoms with Crippen LogP contribution in [0.1, 0.15) is 6.42 Å². The lowest BCUT2D eigenvalue weighted by atomic mass is 10.5. The van der Waals surface area contributed by atoms with E-state index in [0.29, 0.717) is 4.11 Å². The normalized spacial score (nSPS) is 30.5. The largest absolute Gasteiger partial charge is 0.488 e. The second-order valence-electron chi connectivity index (χ2n) is 1.15. The Balaban J connectivity index is 2.32. The molecule has 0 saturated heterocycles. The minimum absolute atomic E-state index is 0.405. The van der Waals surface area contributed by atoms with E-state index in [1.807, 2.05) is 6.08 Å². The molecular weight excluding hydrogens is 191 g/mol. The molecular formula is C4H5IO. The summed E-state index contributed by atoms with van der Waals surface area (Å²) in [7, 11) is 0. The van der Waals surface area contributed by atoms with Crippen molar-refractivity contribution < 1.29 is 4.74 Å². The SMILES string of the molecule is IC1CC=CO1. The zero-order valence-electron chi connectivity index (χ0n) is 3.23. The van der Waals surface area contributed by atoms with Crippen LogP contribution in [0.25, 0.3) is 0 Å². The molecule has 0 fully saturated rings. The number of hydrogen-bond donors (Lipinski definition) is 0. The Morgan fingerprint density at radius 3 is 2.83 bits per heavy atom. The van der Waals surface area contributed by atoms with Crippen molar-refractivity contribution >= 4 is 22.6 Å². The minimum Gasteiger partial charge on any atom is -0.488 e. The first kappa shape index (κ1) is 4.43. The topological polar surface area (TPSA) is 9.23 Å². The lowest BCUT2D eigenvalue weighted by Crippen LogP contribution is -1.87. The molecule has 0 aromatic carbocycles. The standard InChI is InChI=1S/C4H5IO/c5-4-2-1-3-6-4/h1,3-4H,2H2. The van der Waals surface area contributed by atoms with Gasteiger partial charge in [-0.05, 0) is 28.7 Å². The highest BCUT2D eigenvalue weighted by Crippen LogP contribution is 2.14. The highest BCUT2D eigenvalue weighted by atomic mass is 127. The van der Waals surface area contributed by atoms with Crippen LogP contribution < -0.4 is 0 Å². The quantitative estimate of drug-likeness (QED) is 0.423. The van der Waals surface area contributed by atoms with Crippen LogP contribution in [0.2, 0.25) is 0 Å². The van der Waals surface area contributed by atoms with Crippen molar-refractivity contribution in [3.05, 3.63) is 12.3 Å². The Bertz CT molecular complexity index is 61.9. The zero-order valence-corrected chi connectivity index (χ0v) is 5.38. The molecule has 0 spiro atoms. The van der Waals surface area contributed by atoms with Crippen LogP contribution in [0.4, 0.5) is 0 Å². The third-order valence-corrected chi connectivity index (χ3v) is 1.45. The maximum atomic E-state index is 4.96. The molecule has 0 aromatic heterocycles. The summed E-state index contributed by atoms with van der Waals surface area (Å²) in [6, 6.07) is 0. The van der Waals surface area contributed by atoms with E-state index in [9.17, 15) is 0 Å². The van der Waals surface area contributed by atoms with Gasteiger partial charge in [0.2, 0.25) is 0 Å². The molecule has 6 heavy (non-hydrogen) atoms. The second-order valence-corrected chi connectivity index (χ2v) is 2.54. The van der Waals surface area contributed by atoms with E-state index < -0.39 is 0 Å². The van der Waals surface area contributed by atoms with Gasteiger partial charge in [-0.1, -0.05) is 0 Å². The van der Waals surface area contributed by atoms with Gasteiger partial charge in [0.05, 0.1) is 6.26 Å². The molecule has 1 heterocycles. The van der Waals surface area contributed by atoms with E-state index in [4.69, 9.17) is 4.74 Å². The van der Waals surface area contributed by atoms with Gasteiger partial charge in [0.25, 0.3) is 0 Å². The van der Waals surface area contributed by atoms with Crippen LogP contribution >= 0.6 is 22.6 Å². The average molecular weight is 196 g/mol. The van der Waals surface area contributed by atoms with Gasteiger partial charge in [-0.25, -0.2) is 0 Å². The number of alkyl halides is 1. The molecule has 34 valence electrons. The second kappa shape index (κ2) is 1.82. The van der Waals surface area contributed by atoms with E-state index in [1.54, 1.807) is 6.26 Å². The summed E-state index contributed by atoms with van der Waals surface area (Å²) in [6.07, 6.45) is 4.84. The summed E-state index contributed by atoms with van der Waals surface area (Å²) < 4.78 is 5.36. The summed E-state index contributed by atoms with van der Waals surface area (Å²) >= 11 is 2.25. The lowest BCUT2D eigenvalue weighted by molar-refractivity contribution is 0.264. The molecule has 0 aromatic rings. The molecule has 1 unspecified atom stereocenters. The van der Waals surface area contributed by atoms with Crippen molar-refractivity contribution in [1.82, 2.24) is 0 Å². The highest BCUT2D eigenvalue weighted by Gasteiger charge is 2.02. The fraction of sp³-hybridized carbons (Fsp3) is 0.500. The molecule has 1 aliphatic heterocycles. The summed E-state index contributed by atoms with van der Waals surface area (Å²) in [6.45, 7) is 0. The first-order chi connectivity index (χ1) is 2.89. The number of halogens is 1. The Kier molecular flexibility index (Phi) is 1.34. The fourth-order valence-corrected chi connectivity index (χ4v) is 0.822. The van der Waals surface area contributed by atoms with Gasteiger partial charge in [0, 0.05) is 6.42 Å². The van der Waals surface area contributed by atoms with E-state index >= 15 is 0 Å². The van der Waals surface area contributed by atoms with E-state index in [-0.39, 0.29) is 0 Å². The maximum Gasteiger partial charge on any atom is 0.151 e. The molecule has 2 heteroatoms. The molecule has 0 radical (unpaired) electrons. The van der Waals surface area contributed by atoms with Gasteiger partial charge in [-0.3, -0.25) is 0 Å². The van der Waals surface area contributed by atoms with Crippen LogP contribution in [0.5, 0.6) is 0 Å².